The molecule has 0 spiro atoms. The number of hydrogen-bond donors (Lipinski definition) is 1. The molecule has 1 amide bonds. The maximum atomic E-state index is 12.7. The molecule has 0 radical (unpaired) electrons. The molecule has 1 aliphatic rings. The van der Waals surface area contributed by atoms with E-state index in [9.17, 15) is 13.2 Å². The smallest absolute Gasteiger partial charge is 0.236 e. The molecule has 2 aromatic carbocycles. The number of aryl methyl sites for hydroxylation is 1. The highest BCUT2D eigenvalue weighted by Crippen LogP contribution is 2.30. The predicted octanol–water partition coefficient (Wildman–Crippen LogP) is 3.21. The van der Waals surface area contributed by atoms with E-state index in [1.54, 1.807) is 37.4 Å². The fourth-order valence-electron chi connectivity index (χ4n) is 4.05. The summed E-state index contributed by atoms with van der Waals surface area (Å²) in [6.07, 6.45) is 4.40. The zero-order valence-electron chi connectivity index (χ0n) is 16.9. The molecule has 4 rings (SSSR count). The first-order valence-corrected chi connectivity index (χ1v) is 11.8. The number of rotatable bonds is 6. The number of sulfone groups is 1. The second-order valence-electron chi connectivity index (χ2n) is 7.73. The van der Waals surface area contributed by atoms with Crippen LogP contribution < -0.4 is 5.32 Å². The van der Waals surface area contributed by atoms with Crippen LogP contribution in [0, 0.1) is 6.92 Å². The molecule has 30 heavy (non-hydrogen) atoms. The van der Waals surface area contributed by atoms with Gasteiger partial charge in [0.25, 0.3) is 0 Å². The third kappa shape index (κ3) is 4.31. The van der Waals surface area contributed by atoms with Crippen molar-refractivity contribution in [1.29, 1.82) is 0 Å². The SMILES string of the molecule is Cc1ccccc1S(=O)(=O)CC(=O)NC1CCCc2c1cnn2Cc1ccccc1. The molecule has 1 atom stereocenters. The summed E-state index contributed by atoms with van der Waals surface area (Å²) < 4.78 is 27.3. The number of carbonyl (C=O) groups excluding carboxylic acids is 1. The Bertz CT molecular complexity index is 1150. The van der Waals surface area contributed by atoms with E-state index < -0.39 is 21.5 Å². The van der Waals surface area contributed by atoms with Gasteiger partial charge in [-0.3, -0.25) is 9.48 Å². The van der Waals surface area contributed by atoms with Crippen LogP contribution in [0.15, 0.2) is 65.7 Å². The van der Waals surface area contributed by atoms with Gasteiger partial charge >= 0.3 is 0 Å². The summed E-state index contributed by atoms with van der Waals surface area (Å²) in [5.41, 5.74) is 3.90. The first-order valence-electron chi connectivity index (χ1n) is 10.1. The van der Waals surface area contributed by atoms with Crippen molar-refractivity contribution in [3.05, 3.63) is 83.2 Å². The Hall–Kier alpha value is -2.93. The van der Waals surface area contributed by atoms with E-state index in [4.69, 9.17) is 0 Å². The van der Waals surface area contributed by atoms with Crippen LogP contribution in [0.25, 0.3) is 0 Å². The van der Waals surface area contributed by atoms with Crippen molar-refractivity contribution in [2.45, 2.75) is 43.7 Å². The lowest BCUT2D eigenvalue weighted by Crippen LogP contribution is -2.35. The molecule has 1 aromatic heterocycles. The Morgan fingerprint density at radius 3 is 2.63 bits per heavy atom. The van der Waals surface area contributed by atoms with E-state index >= 15 is 0 Å². The Balaban J connectivity index is 1.48. The minimum Gasteiger partial charge on any atom is -0.348 e. The molecule has 3 aromatic rings. The Kier molecular flexibility index (Phi) is 5.72. The molecule has 0 saturated carbocycles. The van der Waals surface area contributed by atoms with Crippen LogP contribution in [0.2, 0.25) is 0 Å². The van der Waals surface area contributed by atoms with Crippen LogP contribution in [-0.2, 0) is 27.6 Å². The normalized spacial score (nSPS) is 16.1. The van der Waals surface area contributed by atoms with Crippen molar-refractivity contribution < 1.29 is 13.2 Å². The fraction of sp³-hybridized carbons (Fsp3) is 0.304. The van der Waals surface area contributed by atoms with E-state index in [1.165, 1.54) is 5.56 Å². The number of benzene rings is 2. The number of nitrogens with one attached hydrogen (secondary N) is 1. The molecule has 0 saturated heterocycles. The number of aromatic nitrogens is 2. The number of amides is 1. The van der Waals surface area contributed by atoms with Crippen molar-refractivity contribution in [3.63, 3.8) is 0 Å². The van der Waals surface area contributed by atoms with Crippen LogP contribution in [0.4, 0.5) is 0 Å². The summed E-state index contributed by atoms with van der Waals surface area (Å²) in [7, 11) is -3.69. The Morgan fingerprint density at radius 2 is 1.87 bits per heavy atom. The molecule has 1 heterocycles. The van der Waals surface area contributed by atoms with Gasteiger partial charge in [-0.2, -0.15) is 5.10 Å². The lowest BCUT2D eigenvalue weighted by molar-refractivity contribution is -0.119. The predicted molar refractivity (Wildman–Crippen MR) is 115 cm³/mol. The van der Waals surface area contributed by atoms with Gasteiger partial charge in [0.05, 0.1) is 23.7 Å². The minimum absolute atomic E-state index is 0.208. The molecule has 1 aliphatic carbocycles. The van der Waals surface area contributed by atoms with Gasteiger partial charge < -0.3 is 5.32 Å². The van der Waals surface area contributed by atoms with E-state index in [-0.39, 0.29) is 10.9 Å². The summed E-state index contributed by atoms with van der Waals surface area (Å²) in [5, 5.41) is 7.46. The van der Waals surface area contributed by atoms with Crippen molar-refractivity contribution in [1.82, 2.24) is 15.1 Å². The zero-order chi connectivity index (χ0) is 21.1. The van der Waals surface area contributed by atoms with Gasteiger partial charge in [0.2, 0.25) is 5.91 Å². The average Bonchev–Trinajstić information content (AvgIpc) is 3.12. The number of carbonyl (C=O) groups is 1. The van der Waals surface area contributed by atoms with Crippen molar-refractivity contribution >= 4 is 15.7 Å². The molecule has 1 N–H and O–H groups in total. The molecule has 7 heteroatoms. The number of fused-ring (bicyclic) bond motifs is 1. The lowest BCUT2D eigenvalue weighted by atomic mass is 9.93. The van der Waals surface area contributed by atoms with Gasteiger partial charge in [-0.1, -0.05) is 48.5 Å². The number of hydrogen-bond acceptors (Lipinski definition) is 4. The fourth-order valence-corrected chi connectivity index (χ4v) is 5.48. The van der Waals surface area contributed by atoms with Crippen molar-refractivity contribution in [2.24, 2.45) is 0 Å². The molecule has 0 aliphatic heterocycles. The van der Waals surface area contributed by atoms with Crippen LogP contribution in [-0.4, -0.2) is 29.9 Å². The van der Waals surface area contributed by atoms with Crippen molar-refractivity contribution in [3.8, 4) is 0 Å². The molecular weight excluding hydrogens is 398 g/mol. The van der Waals surface area contributed by atoms with Crippen LogP contribution in [0.1, 0.15) is 41.3 Å². The van der Waals surface area contributed by atoms with Crippen molar-refractivity contribution in [2.75, 3.05) is 5.75 Å². The highest BCUT2D eigenvalue weighted by Gasteiger charge is 2.28. The van der Waals surface area contributed by atoms with Gasteiger partial charge in [0.15, 0.2) is 9.84 Å². The third-order valence-electron chi connectivity index (χ3n) is 5.52. The van der Waals surface area contributed by atoms with Gasteiger partial charge in [-0.05, 0) is 43.4 Å². The second kappa shape index (κ2) is 8.44. The monoisotopic (exact) mass is 423 g/mol. The standard InChI is InChI=1S/C23H25N3O3S/c1-17-8-5-6-13-22(17)30(28,29)16-23(27)25-20-11-7-12-21-19(20)14-24-26(21)15-18-9-3-2-4-10-18/h2-6,8-10,13-14,20H,7,11-12,15-16H2,1H3,(H,25,27). The molecule has 6 nitrogen and oxygen atoms in total. The molecule has 156 valence electrons. The summed E-state index contributed by atoms with van der Waals surface area (Å²) in [6.45, 7) is 2.41. The lowest BCUT2D eigenvalue weighted by Gasteiger charge is -2.24. The Labute approximate surface area is 176 Å². The summed E-state index contributed by atoms with van der Waals surface area (Å²) in [4.78, 5) is 12.8. The highest BCUT2D eigenvalue weighted by atomic mass is 32.2. The van der Waals surface area contributed by atoms with Gasteiger partial charge in [-0.15, -0.1) is 0 Å². The zero-order valence-corrected chi connectivity index (χ0v) is 17.7. The molecule has 1 unspecified atom stereocenters. The first-order chi connectivity index (χ1) is 14.4. The summed E-state index contributed by atoms with van der Waals surface area (Å²) in [6, 6.07) is 16.6. The van der Waals surface area contributed by atoms with Gasteiger partial charge in [-0.25, -0.2) is 8.42 Å². The quantitative estimate of drug-likeness (QED) is 0.660. The maximum absolute atomic E-state index is 12.7. The molecule has 0 fully saturated rings. The van der Waals surface area contributed by atoms with E-state index in [2.05, 4.69) is 22.5 Å². The van der Waals surface area contributed by atoms with Crippen LogP contribution in [0.5, 0.6) is 0 Å². The van der Waals surface area contributed by atoms with Crippen LogP contribution in [0.3, 0.4) is 0 Å². The average molecular weight is 424 g/mol. The van der Waals surface area contributed by atoms with Crippen LogP contribution >= 0.6 is 0 Å². The largest absolute Gasteiger partial charge is 0.348 e. The van der Waals surface area contributed by atoms with E-state index in [0.29, 0.717) is 12.1 Å². The minimum atomic E-state index is -3.69. The summed E-state index contributed by atoms with van der Waals surface area (Å²) >= 11 is 0. The van der Waals surface area contributed by atoms with Gasteiger partial charge in [0, 0.05) is 11.3 Å². The van der Waals surface area contributed by atoms with Gasteiger partial charge in [0.1, 0.15) is 5.75 Å². The summed E-state index contributed by atoms with van der Waals surface area (Å²) in [5.74, 6) is -1.03. The third-order valence-corrected chi connectivity index (χ3v) is 7.29. The maximum Gasteiger partial charge on any atom is 0.236 e. The Morgan fingerprint density at radius 1 is 1.13 bits per heavy atom. The first kappa shape index (κ1) is 20.3. The second-order valence-corrected chi connectivity index (χ2v) is 9.68. The van der Waals surface area contributed by atoms with E-state index in [0.717, 1.165) is 30.5 Å². The van der Waals surface area contributed by atoms with E-state index in [1.807, 2.05) is 22.9 Å². The topological polar surface area (TPSA) is 81.1 Å². The molecule has 0 bridgehead atoms. The molecular formula is C23H25N3O3S. The number of nitrogens with zero attached hydrogens (tertiary/aromatic N) is 2. The highest BCUT2D eigenvalue weighted by molar-refractivity contribution is 7.92.